The molecule has 2 aromatic carbocycles. The first-order valence-electron chi connectivity index (χ1n) is 12.8. The number of hydrogen-bond donors (Lipinski definition) is 2. The zero-order valence-electron chi connectivity index (χ0n) is 21.6. The summed E-state index contributed by atoms with van der Waals surface area (Å²) in [5, 5.41) is 11.9. The van der Waals surface area contributed by atoms with Crippen LogP contribution in [0.15, 0.2) is 36.7 Å². The van der Waals surface area contributed by atoms with E-state index in [1.54, 1.807) is 31.6 Å². The number of anilines is 2. The first-order chi connectivity index (χ1) is 18.3. The van der Waals surface area contributed by atoms with Crippen molar-refractivity contribution in [3.05, 3.63) is 48.0 Å². The highest BCUT2D eigenvalue weighted by Gasteiger charge is 2.26. The average molecular weight is 520 g/mol. The highest BCUT2D eigenvalue weighted by molar-refractivity contribution is 6.14. The fourth-order valence-electron chi connectivity index (χ4n) is 5.37. The summed E-state index contributed by atoms with van der Waals surface area (Å²) in [5.74, 6) is -0.905. The fraction of sp³-hybridized carbons (Fsp3) is 0.407. The van der Waals surface area contributed by atoms with Crippen LogP contribution in [0.5, 0.6) is 6.01 Å². The quantitative estimate of drug-likeness (QED) is 0.414. The number of amides is 1. The number of ether oxygens (including phenoxy) is 2. The maximum atomic E-state index is 14.6. The van der Waals surface area contributed by atoms with Crippen LogP contribution in [0, 0.1) is 5.82 Å². The van der Waals surface area contributed by atoms with Crippen LogP contribution in [-0.2, 0) is 11.8 Å². The molecule has 1 amide bonds. The minimum atomic E-state index is -0.502. The molecule has 0 saturated carbocycles. The normalized spacial score (nSPS) is 21.8. The first-order valence-corrected chi connectivity index (χ1v) is 12.8. The van der Waals surface area contributed by atoms with E-state index in [1.165, 1.54) is 10.7 Å². The van der Waals surface area contributed by atoms with E-state index < -0.39 is 11.7 Å². The number of aromatic nitrogens is 4. The molecule has 0 aliphatic carbocycles. The molecule has 198 valence electrons. The second-order valence-electron chi connectivity index (χ2n) is 10.2. The van der Waals surface area contributed by atoms with Gasteiger partial charge in [-0.05, 0) is 38.1 Å². The largest absolute Gasteiger partial charge is 0.458 e. The van der Waals surface area contributed by atoms with Gasteiger partial charge in [-0.25, -0.2) is 9.37 Å². The smallest absolute Gasteiger partial charge is 0.317 e. The van der Waals surface area contributed by atoms with Crippen molar-refractivity contribution in [3.63, 3.8) is 0 Å². The molecular formula is C27H30FN7O3. The van der Waals surface area contributed by atoms with Crippen LogP contribution in [0.4, 0.5) is 15.8 Å². The van der Waals surface area contributed by atoms with E-state index >= 15 is 0 Å². The van der Waals surface area contributed by atoms with E-state index in [9.17, 15) is 9.18 Å². The van der Waals surface area contributed by atoms with Crippen LogP contribution in [0.25, 0.3) is 21.8 Å². The number of nitrogens with one attached hydrogen (secondary N) is 2. The van der Waals surface area contributed by atoms with Gasteiger partial charge in [-0.2, -0.15) is 10.1 Å². The third kappa shape index (κ3) is 4.74. The van der Waals surface area contributed by atoms with Gasteiger partial charge in [-0.1, -0.05) is 0 Å². The van der Waals surface area contributed by atoms with Crippen LogP contribution in [-0.4, -0.2) is 70.1 Å². The van der Waals surface area contributed by atoms with Gasteiger partial charge in [0.25, 0.3) is 5.91 Å². The Hall–Kier alpha value is -3.83. The van der Waals surface area contributed by atoms with Crippen molar-refractivity contribution in [2.75, 3.05) is 36.5 Å². The Balaban J connectivity index is 1.38. The van der Waals surface area contributed by atoms with E-state index in [0.29, 0.717) is 47.5 Å². The van der Waals surface area contributed by atoms with Crippen molar-refractivity contribution in [2.45, 2.75) is 38.5 Å². The predicted molar refractivity (Wildman–Crippen MR) is 142 cm³/mol. The maximum absolute atomic E-state index is 14.6. The highest BCUT2D eigenvalue weighted by atomic mass is 19.1. The molecule has 6 rings (SSSR count). The van der Waals surface area contributed by atoms with Crippen molar-refractivity contribution in [2.24, 2.45) is 7.05 Å². The van der Waals surface area contributed by atoms with Gasteiger partial charge in [0, 0.05) is 73.2 Å². The number of piperazine rings is 1. The maximum Gasteiger partial charge on any atom is 0.317 e. The zero-order chi connectivity index (χ0) is 26.4. The van der Waals surface area contributed by atoms with Gasteiger partial charge in [-0.15, -0.1) is 0 Å². The highest BCUT2D eigenvalue weighted by Crippen LogP contribution is 2.32. The molecule has 0 spiro atoms. The lowest BCUT2D eigenvalue weighted by molar-refractivity contribution is 0.102. The molecular weight excluding hydrogens is 489 g/mol. The van der Waals surface area contributed by atoms with E-state index in [4.69, 9.17) is 9.47 Å². The van der Waals surface area contributed by atoms with Gasteiger partial charge in [0.05, 0.1) is 24.3 Å². The zero-order valence-corrected chi connectivity index (χ0v) is 21.6. The Labute approximate surface area is 219 Å². The Kier molecular flexibility index (Phi) is 6.32. The number of rotatable bonds is 5. The fourth-order valence-corrected chi connectivity index (χ4v) is 5.37. The number of carbonyl (C=O) groups is 1. The van der Waals surface area contributed by atoms with Crippen molar-refractivity contribution in [3.8, 4) is 6.01 Å². The number of fused-ring (bicyclic) bond motifs is 2. The molecule has 3 unspecified atom stereocenters. The lowest BCUT2D eigenvalue weighted by Gasteiger charge is -2.38. The molecule has 2 fully saturated rings. The standard InChI is InChI=1S/C27H30FN7O3/c1-15-11-35(12-16(2)30-15)23-5-4-20(25-21(23)10-29-27(32-25)38-19-6-7-37-14-19)26(36)31-18-8-17-13-34(3)33-24(17)22(28)9-18/h4-5,8-10,13,15-16,19,30H,6-7,11-12,14H2,1-3H3,(H,31,36). The summed E-state index contributed by atoms with van der Waals surface area (Å²) in [7, 11) is 1.72. The Morgan fingerprint density at radius 1 is 1.21 bits per heavy atom. The molecule has 38 heavy (non-hydrogen) atoms. The molecule has 2 aliphatic rings. The molecule has 2 aliphatic heterocycles. The third-order valence-electron chi connectivity index (χ3n) is 6.94. The third-order valence-corrected chi connectivity index (χ3v) is 6.94. The average Bonchev–Trinajstić information content (AvgIpc) is 3.51. The Bertz CT molecular complexity index is 1510. The monoisotopic (exact) mass is 519 g/mol. The van der Waals surface area contributed by atoms with Crippen LogP contribution < -0.4 is 20.3 Å². The van der Waals surface area contributed by atoms with Gasteiger partial charge < -0.3 is 25.0 Å². The molecule has 11 heteroatoms. The topological polar surface area (TPSA) is 106 Å². The molecule has 10 nitrogen and oxygen atoms in total. The summed E-state index contributed by atoms with van der Waals surface area (Å²) in [4.78, 5) is 25.0. The number of halogens is 1. The van der Waals surface area contributed by atoms with E-state index in [1.807, 2.05) is 6.07 Å². The molecule has 0 radical (unpaired) electrons. The van der Waals surface area contributed by atoms with Gasteiger partial charge in [0.15, 0.2) is 5.82 Å². The van der Waals surface area contributed by atoms with Crippen molar-refractivity contribution in [1.82, 2.24) is 25.1 Å². The molecule has 3 atom stereocenters. The molecule has 4 heterocycles. The molecule has 2 N–H and O–H groups in total. The molecule has 2 aromatic heterocycles. The van der Waals surface area contributed by atoms with E-state index in [2.05, 4.69) is 44.4 Å². The molecule has 2 saturated heterocycles. The Morgan fingerprint density at radius 2 is 2.03 bits per heavy atom. The van der Waals surface area contributed by atoms with Gasteiger partial charge in [0.1, 0.15) is 11.6 Å². The first kappa shape index (κ1) is 24.5. The second-order valence-corrected chi connectivity index (χ2v) is 10.2. The summed E-state index contributed by atoms with van der Waals surface area (Å²) >= 11 is 0. The second kappa shape index (κ2) is 9.80. The number of aryl methyl sites for hydroxylation is 1. The lowest BCUT2D eigenvalue weighted by atomic mass is 10.0. The molecule has 4 aromatic rings. The minimum absolute atomic E-state index is 0.128. The summed E-state index contributed by atoms with van der Waals surface area (Å²) in [5.41, 5.74) is 2.37. The van der Waals surface area contributed by atoms with Crippen molar-refractivity contribution < 1.29 is 18.7 Å². The lowest BCUT2D eigenvalue weighted by Crippen LogP contribution is -2.54. The van der Waals surface area contributed by atoms with Gasteiger partial charge in [-0.3, -0.25) is 9.48 Å². The summed E-state index contributed by atoms with van der Waals surface area (Å²) in [6.07, 6.45) is 4.06. The van der Waals surface area contributed by atoms with Crippen LogP contribution >= 0.6 is 0 Å². The number of nitrogens with zero attached hydrogens (tertiary/aromatic N) is 5. The number of carbonyl (C=O) groups excluding carboxylic acids is 1. The number of hydrogen-bond acceptors (Lipinski definition) is 8. The summed E-state index contributed by atoms with van der Waals surface area (Å²) in [6.45, 7) is 7.04. The van der Waals surface area contributed by atoms with Gasteiger partial charge >= 0.3 is 6.01 Å². The predicted octanol–water partition coefficient (Wildman–Crippen LogP) is 3.26. The SMILES string of the molecule is CC1CN(c2ccc(C(=O)Nc3cc(F)c4nn(C)cc4c3)c3nc(OC4CCOC4)ncc23)CC(C)N1. The van der Waals surface area contributed by atoms with Crippen LogP contribution in [0.2, 0.25) is 0 Å². The van der Waals surface area contributed by atoms with Crippen molar-refractivity contribution in [1.29, 1.82) is 0 Å². The van der Waals surface area contributed by atoms with Gasteiger partial charge in [0.2, 0.25) is 0 Å². The van der Waals surface area contributed by atoms with Crippen LogP contribution in [0.1, 0.15) is 30.6 Å². The summed E-state index contributed by atoms with van der Waals surface area (Å²) < 4.78 is 27.6. The van der Waals surface area contributed by atoms with E-state index in [0.717, 1.165) is 30.6 Å². The molecule has 0 bridgehead atoms. The van der Waals surface area contributed by atoms with Crippen LogP contribution in [0.3, 0.4) is 0 Å². The number of benzene rings is 2. The summed E-state index contributed by atoms with van der Waals surface area (Å²) in [6, 6.07) is 7.48. The van der Waals surface area contributed by atoms with E-state index in [-0.39, 0.29) is 17.6 Å². The van der Waals surface area contributed by atoms with Crippen molar-refractivity contribution >= 4 is 39.1 Å². The Morgan fingerprint density at radius 3 is 2.79 bits per heavy atom. The minimum Gasteiger partial charge on any atom is -0.458 e.